The zero-order valence-electron chi connectivity index (χ0n) is 15.9. The average Bonchev–Trinajstić information content (AvgIpc) is 3.22. The molecule has 148 valence electrons. The van der Waals surface area contributed by atoms with E-state index >= 15 is 0 Å². The van der Waals surface area contributed by atoms with E-state index in [1.54, 1.807) is 43.5 Å². The Hall–Kier alpha value is -3.74. The molecule has 2 amide bonds. The molecule has 4 rings (SSSR count). The quantitative estimate of drug-likeness (QED) is 0.662. The van der Waals surface area contributed by atoms with Crippen LogP contribution in [0.25, 0.3) is 0 Å². The van der Waals surface area contributed by atoms with E-state index in [0.29, 0.717) is 35.8 Å². The molecule has 2 N–H and O–H groups in total. The summed E-state index contributed by atoms with van der Waals surface area (Å²) in [7, 11) is 1.58. The second-order valence-corrected chi connectivity index (χ2v) is 6.58. The first-order valence-electron chi connectivity index (χ1n) is 9.21. The molecule has 0 fully saturated rings. The number of furan rings is 1. The first-order chi connectivity index (χ1) is 14.1. The van der Waals surface area contributed by atoms with Crippen LogP contribution in [0.15, 0.2) is 59.0 Å². The number of benzene rings is 2. The predicted molar refractivity (Wildman–Crippen MR) is 107 cm³/mol. The van der Waals surface area contributed by atoms with Crippen LogP contribution in [0.2, 0.25) is 0 Å². The molecule has 29 heavy (non-hydrogen) atoms. The maximum Gasteiger partial charge on any atom is 0.291 e. The van der Waals surface area contributed by atoms with Gasteiger partial charge >= 0.3 is 0 Å². The average molecular weight is 392 g/mol. The van der Waals surface area contributed by atoms with Gasteiger partial charge in [-0.15, -0.1) is 0 Å². The van der Waals surface area contributed by atoms with E-state index < -0.39 is 0 Å². The van der Waals surface area contributed by atoms with E-state index in [9.17, 15) is 9.59 Å². The summed E-state index contributed by atoms with van der Waals surface area (Å²) in [5.74, 6) is 1.59. The van der Waals surface area contributed by atoms with Crippen LogP contribution in [0.1, 0.15) is 28.3 Å². The summed E-state index contributed by atoms with van der Waals surface area (Å²) in [6, 6.07) is 16.0. The largest absolute Gasteiger partial charge is 0.493 e. The number of ether oxygens (including phenoxy) is 2. The third-order valence-electron chi connectivity index (χ3n) is 4.58. The van der Waals surface area contributed by atoms with Gasteiger partial charge < -0.3 is 24.5 Å². The molecule has 2 aromatic carbocycles. The fourth-order valence-electron chi connectivity index (χ4n) is 3.12. The highest BCUT2D eigenvalue weighted by atomic mass is 16.5. The normalized spacial score (nSPS) is 12.7. The van der Waals surface area contributed by atoms with Crippen LogP contribution in [0, 0.1) is 0 Å². The lowest BCUT2D eigenvalue weighted by Crippen LogP contribution is -2.19. The van der Waals surface area contributed by atoms with Crippen molar-refractivity contribution >= 4 is 23.2 Å². The first-order valence-corrected chi connectivity index (χ1v) is 9.21. The van der Waals surface area contributed by atoms with E-state index in [2.05, 4.69) is 10.6 Å². The summed E-state index contributed by atoms with van der Waals surface area (Å²) in [6.07, 6.45) is 1.09. The number of carbonyl (C=O) groups is 2. The maximum atomic E-state index is 12.5. The summed E-state index contributed by atoms with van der Waals surface area (Å²) in [4.78, 5) is 23.9. The number of aryl methyl sites for hydroxylation is 1. The molecule has 1 aliphatic rings. The number of amides is 2. The number of rotatable bonds is 6. The number of fused-ring (bicyclic) bond motifs is 1. The molecular weight excluding hydrogens is 372 g/mol. The monoisotopic (exact) mass is 392 g/mol. The minimum absolute atomic E-state index is 0.00717. The lowest BCUT2D eigenvalue weighted by Gasteiger charge is -2.17. The molecule has 7 nitrogen and oxygen atoms in total. The van der Waals surface area contributed by atoms with Gasteiger partial charge in [-0.1, -0.05) is 12.1 Å². The lowest BCUT2D eigenvalue weighted by molar-refractivity contribution is -0.116. The number of methoxy groups -OCH3 is 1. The predicted octanol–water partition coefficient (Wildman–Crippen LogP) is 4.00. The van der Waals surface area contributed by atoms with Crippen LogP contribution in [0.5, 0.6) is 11.5 Å². The van der Waals surface area contributed by atoms with Crippen LogP contribution in [0.4, 0.5) is 11.4 Å². The van der Waals surface area contributed by atoms with Crippen LogP contribution < -0.4 is 20.1 Å². The highest BCUT2D eigenvalue weighted by molar-refractivity contribution is 6.02. The molecule has 2 heterocycles. The molecule has 0 atom stereocenters. The Morgan fingerprint density at radius 3 is 2.76 bits per heavy atom. The Morgan fingerprint density at radius 1 is 1.10 bits per heavy atom. The number of para-hydroxylation sites is 2. The molecule has 0 bridgehead atoms. The van der Waals surface area contributed by atoms with Crippen molar-refractivity contribution in [1.82, 2.24) is 0 Å². The zero-order valence-corrected chi connectivity index (χ0v) is 15.9. The second-order valence-electron chi connectivity index (χ2n) is 6.58. The Labute approximate surface area is 167 Å². The van der Waals surface area contributed by atoms with Crippen LogP contribution >= 0.6 is 0 Å². The van der Waals surface area contributed by atoms with Crippen molar-refractivity contribution in [3.05, 3.63) is 71.7 Å². The summed E-state index contributed by atoms with van der Waals surface area (Å²) < 4.78 is 16.6. The maximum absolute atomic E-state index is 12.5. The van der Waals surface area contributed by atoms with Crippen LogP contribution in [0.3, 0.4) is 0 Å². The molecule has 0 spiro atoms. The van der Waals surface area contributed by atoms with Gasteiger partial charge in [-0.05, 0) is 54.4 Å². The Balaban J connectivity index is 1.39. The van der Waals surface area contributed by atoms with E-state index in [1.807, 2.05) is 18.2 Å². The standard InChI is InChI=1S/C22H20N2O5/c1-27-18-4-2-3-5-19(18)28-13-16-8-10-20(29-16)22(26)23-15-7-9-17-14(12-15)6-11-21(25)24-17/h2-5,7-10,12H,6,11,13H2,1H3,(H,23,26)(H,24,25). The van der Waals surface area contributed by atoms with Crippen molar-refractivity contribution in [1.29, 1.82) is 0 Å². The molecule has 0 saturated heterocycles. The van der Waals surface area contributed by atoms with Gasteiger partial charge in [0.15, 0.2) is 17.3 Å². The topological polar surface area (TPSA) is 89.8 Å². The number of hydrogen-bond donors (Lipinski definition) is 2. The van der Waals surface area contributed by atoms with Gasteiger partial charge in [0.1, 0.15) is 12.4 Å². The Bertz CT molecular complexity index is 1060. The third kappa shape index (κ3) is 4.24. The van der Waals surface area contributed by atoms with Crippen molar-refractivity contribution in [3.63, 3.8) is 0 Å². The summed E-state index contributed by atoms with van der Waals surface area (Å²) in [5.41, 5.74) is 2.42. The number of nitrogens with one attached hydrogen (secondary N) is 2. The van der Waals surface area contributed by atoms with E-state index in [-0.39, 0.29) is 24.2 Å². The van der Waals surface area contributed by atoms with E-state index in [0.717, 1.165) is 11.3 Å². The molecule has 3 aromatic rings. The molecule has 0 aliphatic carbocycles. The van der Waals surface area contributed by atoms with Gasteiger partial charge in [0.05, 0.1) is 7.11 Å². The molecule has 1 aromatic heterocycles. The molecule has 1 aliphatic heterocycles. The number of hydrogen-bond acceptors (Lipinski definition) is 5. The highest BCUT2D eigenvalue weighted by Crippen LogP contribution is 2.28. The fourth-order valence-corrected chi connectivity index (χ4v) is 3.12. The number of carbonyl (C=O) groups excluding carboxylic acids is 2. The highest BCUT2D eigenvalue weighted by Gasteiger charge is 2.17. The fraction of sp³-hybridized carbons (Fsp3) is 0.182. The van der Waals surface area contributed by atoms with Crippen molar-refractivity contribution in [2.45, 2.75) is 19.4 Å². The Morgan fingerprint density at radius 2 is 1.93 bits per heavy atom. The summed E-state index contributed by atoms with van der Waals surface area (Å²) in [6.45, 7) is 0.173. The van der Waals surface area contributed by atoms with Crippen molar-refractivity contribution in [2.24, 2.45) is 0 Å². The molecule has 0 radical (unpaired) electrons. The van der Waals surface area contributed by atoms with Crippen molar-refractivity contribution in [3.8, 4) is 11.5 Å². The zero-order chi connectivity index (χ0) is 20.2. The van der Waals surface area contributed by atoms with E-state index in [4.69, 9.17) is 13.9 Å². The van der Waals surface area contributed by atoms with Gasteiger partial charge in [0.2, 0.25) is 5.91 Å². The van der Waals surface area contributed by atoms with Crippen LogP contribution in [-0.2, 0) is 17.8 Å². The van der Waals surface area contributed by atoms with Gasteiger partial charge in [-0.2, -0.15) is 0 Å². The number of anilines is 2. The van der Waals surface area contributed by atoms with Gasteiger partial charge in [-0.25, -0.2) is 0 Å². The first kappa shape index (κ1) is 18.6. The second kappa shape index (κ2) is 8.10. The minimum atomic E-state index is -0.353. The third-order valence-corrected chi connectivity index (χ3v) is 4.58. The summed E-state index contributed by atoms with van der Waals surface area (Å²) >= 11 is 0. The van der Waals surface area contributed by atoms with Gasteiger partial charge in [0, 0.05) is 17.8 Å². The van der Waals surface area contributed by atoms with Gasteiger partial charge in [-0.3, -0.25) is 9.59 Å². The van der Waals surface area contributed by atoms with Gasteiger partial charge in [0.25, 0.3) is 5.91 Å². The molecule has 0 saturated carbocycles. The molecular formula is C22H20N2O5. The van der Waals surface area contributed by atoms with Crippen molar-refractivity contribution in [2.75, 3.05) is 17.7 Å². The molecule has 7 heteroatoms. The minimum Gasteiger partial charge on any atom is -0.493 e. The summed E-state index contributed by atoms with van der Waals surface area (Å²) in [5, 5.41) is 5.64. The molecule has 0 unspecified atom stereocenters. The van der Waals surface area contributed by atoms with Crippen LogP contribution in [-0.4, -0.2) is 18.9 Å². The lowest BCUT2D eigenvalue weighted by atomic mass is 10.0. The SMILES string of the molecule is COc1ccccc1OCc1ccc(C(=O)Nc2ccc3c(c2)CCC(=O)N3)o1. The van der Waals surface area contributed by atoms with Crippen molar-refractivity contribution < 1.29 is 23.5 Å². The van der Waals surface area contributed by atoms with E-state index in [1.165, 1.54) is 0 Å². The Kier molecular flexibility index (Phi) is 5.20. The smallest absolute Gasteiger partial charge is 0.291 e.